The van der Waals surface area contributed by atoms with E-state index in [9.17, 15) is 0 Å². The molecule has 0 radical (unpaired) electrons. The van der Waals surface area contributed by atoms with E-state index in [4.69, 9.17) is 0 Å². The largest absolute Gasteiger partial charge is 0.356 e. The van der Waals surface area contributed by atoms with Gasteiger partial charge in [-0.05, 0) is 30.5 Å². The molecule has 0 unspecified atom stereocenters. The van der Waals surface area contributed by atoms with Gasteiger partial charge in [-0.1, -0.05) is 38.1 Å². The smallest absolute Gasteiger partial charge is 0.191 e. The minimum absolute atomic E-state index is 0.797. The van der Waals surface area contributed by atoms with Crippen LogP contribution < -0.4 is 10.6 Å². The molecule has 0 atom stereocenters. The second-order valence-electron chi connectivity index (χ2n) is 5.13. The fourth-order valence-corrected chi connectivity index (χ4v) is 2.53. The number of aliphatic imine (C=N–C) groups is 1. The Balaban J connectivity index is 2.51. The molecule has 0 aromatic heterocycles. The van der Waals surface area contributed by atoms with Gasteiger partial charge in [0.05, 0.1) is 0 Å². The summed E-state index contributed by atoms with van der Waals surface area (Å²) in [5, 5.41) is 6.68. The van der Waals surface area contributed by atoms with Crippen molar-refractivity contribution in [2.45, 2.75) is 26.9 Å². The predicted molar refractivity (Wildman–Crippen MR) is 99.7 cm³/mol. The van der Waals surface area contributed by atoms with E-state index in [1.165, 1.54) is 11.1 Å². The van der Waals surface area contributed by atoms with Gasteiger partial charge in [-0.15, -0.1) is 0 Å². The van der Waals surface area contributed by atoms with Gasteiger partial charge < -0.3 is 10.6 Å². The lowest BCUT2D eigenvalue weighted by Gasteiger charge is -2.18. The van der Waals surface area contributed by atoms with Gasteiger partial charge in [0.25, 0.3) is 0 Å². The van der Waals surface area contributed by atoms with Gasteiger partial charge in [0.1, 0.15) is 0 Å². The number of hydrogen-bond acceptors (Lipinski definition) is 3. The molecule has 0 saturated carbocycles. The van der Waals surface area contributed by atoms with Gasteiger partial charge in [0, 0.05) is 32.4 Å². The summed E-state index contributed by atoms with van der Waals surface area (Å²) in [6, 6.07) is 8.78. The lowest BCUT2D eigenvalue weighted by atomic mass is 10.1. The molecule has 0 amide bonds. The Kier molecular flexibility index (Phi) is 9.75. The molecular formula is C17H30N4S. The van der Waals surface area contributed by atoms with E-state index in [2.05, 4.69) is 64.9 Å². The summed E-state index contributed by atoms with van der Waals surface area (Å²) < 4.78 is 0. The number of nitrogens with one attached hydrogen (secondary N) is 2. The maximum Gasteiger partial charge on any atom is 0.191 e. The highest BCUT2D eigenvalue weighted by molar-refractivity contribution is 7.98. The van der Waals surface area contributed by atoms with Crippen LogP contribution in [0.5, 0.6) is 0 Å². The summed E-state index contributed by atoms with van der Waals surface area (Å²) >= 11 is 1.83. The molecular weight excluding hydrogens is 292 g/mol. The SMILES string of the molecule is CCN(CC)Cc1cccc(CNC(=NC)NCCSC)c1. The summed E-state index contributed by atoms with van der Waals surface area (Å²) in [5.74, 6) is 1.95. The van der Waals surface area contributed by atoms with Crippen molar-refractivity contribution in [1.82, 2.24) is 15.5 Å². The van der Waals surface area contributed by atoms with Gasteiger partial charge in [0.2, 0.25) is 0 Å². The van der Waals surface area contributed by atoms with Crippen LogP contribution in [0.4, 0.5) is 0 Å². The minimum atomic E-state index is 0.797. The van der Waals surface area contributed by atoms with Gasteiger partial charge in [0.15, 0.2) is 5.96 Å². The molecule has 0 saturated heterocycles. The number of thioether (sulfide) groups is 1. The zero-order chi connectivity index (χ0) is 16.2. The van der Waals surface area contributed by atoms with E-state index in [1.54, 1.807) is 0 Å². The van der Waals surface area contributed by atoms with Crippen molar-refractivity contribution in [3.05, 3.63) is 35.4 Å². The predicted octanol–water partition coefficient (Wildman–Crippen LogP) is 2.56. The first-order valence-corrected chi connectivity index (χ1v) is 9.36. The Labute approximate surface area is 139 Å². The Morgan fingerprint density at radius 1 is 1.18 bits per heavy atom. The van der Waals surface area contributed by atoms with E-state index in [0.717, 1.165) is 44.4 Å². The summed E-state index contributed by atoms with van der Waals surface area (Å²) in [7, 11) is 1.81. The summed E-state index contributed by atoms with van der Waals surface area (Å²) in [6.07, 6.45) is 2.11. The van der Waals surface area contributed by atoms with Crippen molar-refractivity contribution in [2.75, 3.05) is 38.7 Å². The summed E-state index contributed by atoms with van der Waals surface area (Å²) in [5.41, 5.74) is 2.66. The maximum atomic E-state index is 4.25. The lowest BCUT2D eigenvalue weighted by Crippen LogP contribution is -2.37. The molecule has 0 spiro atoms. The van der Waals surface area contributed by atoms with Gasteiger partial charge >= 0.3 is 0 Å². The average Bonchev–Trinajstić information content (AvgIpc) is 2.56. The first-order chi connectivity index (χ1) is 10.7. The zero-order valence-corrected chi connectivity index (χ0v) is 15.2. The first kappa shape index (κ1) is 18.8. The van der Waals surface area contributed by atoms with Crippen LogP contribution >= 0.6 is 11.8 Å². The third-order valence-electron chi connectivity index (χ3n) is 3.57. The molecule has 1 rings (SSSR count). The maximum absolute atomic E-state index is 4.25. The fraction of sp³-hybridized carbons (Fsp3) is 0.588. The van der Waals surface area contributed by atoms with Crippen molar-refractivity contribution in [1.29, 1.82) is 0 Å². The standard InChI is InChI=1S/C17H30N4S/c1-5-21(6-2)14-16-9-7-8-15(12-16)13-20-17(18-3)19-10-11-22-4/h7-9,12H,5-6,10-11,13-14H2,1-4H3,(H2,18,19,20). The minimum Gasteiger partial charge on any atom is -0.356 e. The van der Waals surface area contributed by atoms with E-state index in [1.807, 2.05) is 18.8 Å². The van der Waals surface area contributed by atoms with Crippen molar-refractivity contribution in [2.24, 2.45) is 4.99 Å². The second kappa shape index (κ2) is 11.4. The van der Waals surface area contributed by atoms with Crippen LogP contribution in [-0.4, -0.2) is 49.6 Å². The molecule has 124 valence electrons. The number of hydrogen-bond donors (Lipinski definition) is 2. The zero-order valence-electron chi connectivity index (χ0n) is 14.4. The first-order valence-electron chi connectivity index (χ1n) is 7.97. The van der Waals surface area contributed by atoms with E-state index in [0.29, 0.717) is 0 Å². The molecule has 0 bridgehead atoms. The Morgan fingerprint density at radius 3 is 2.55 bits per heavy atom. The second-order valence-corrected chi connectivity index (χ2v) is 6.11. The lowest BCUT2D eigenvalue weighted by molar-refractivity contribution is 0.296. The molecule has 5 heteroatoms. The number of rotatable bonds is 9. The molecule has 0 heterocycles. The fourth-order valence-electron chi connectivity index (χ4n) is 2.22. The Bertz CT molecular complexity index is 444. The molecule has 0 aliphatic carbocycles. The van der Waals surface area contributed by atoms with Crippen molar-refractivity contribution in [3.63, 3.8) is 0 Å². The molecule has 2 N–H and O–H groups in total. The van der Waals surface area contributed by atoms with Crippen molar-refractivity contribution < 1.29 is 0 Å². The molecule has 22 heavy (non-hydrogen) atoms. The third-order valence-corrected chi connectivity index (χ3v) is 4.19. The van der Waals surface area contributed by atoms with Gasteiger partial charge in [-0.3, -0.25) is 9.89 Å². The van der Waals surface area contributed by atoms with Crippen LogP contribution in [-0.2, 0) is 13.1 Å². The number of nitrogens with zero attached hydrogens (tertiary/aromatic N) is 2. The number of benzene rings is 1. The normalized spacial score (nSPS) is 11.8. The monoisotopic (exact) mass is 322 g/mol. The Hall–Kier alpha value is -1.20. The van der Waals surface area contributed by atoms with Crippen molar-refractivity contribution in [3.8, 4) is 0 Å². The third kappa shape index (κ3) is 7.18. The van der Waals surface area contributed by atoms with Gasteiger partial charge in [-0.2, -0.15) is 11.8 Å². The Morgan fingerprint density at radius 2 is 1.91 bits per heavy atom. The van der Waals surface area contributed by atoms with E-state index in [-0.39, 0.29) is 0 Å². The highest BCUT2D eigenvalue weighted by Gasteiger charge is 2.03. The summed E-state index contributed by atoms with van der Waals surface area (Å²) in [6.45, 7) is 9.34. The van der Waals surface area contributed by atoms with Crippen LogP contribution in [0.1, 0.15) is 25.0 Å². The van der Waals surface area contributed by atoms with E-state index >= 15 is 0 Å². The average molecular weight is 323 g/mol. The van der Waals surface area contributed by atoms with E-state index < -0.39 is 0 Å². The topological polar surface area (TPSA) is 39.7 Å². The molecule has 0 aliphatic heterocycles. The highest BCUT2D eigenvalue weighted by Crippen LogP contribution is 2.08. The quantitative estimate of drug-likeness (QED) is 0.416. The van der Waals surface area contributed by atoms with Crippen LogP contribution in [0.15, 0.2) is 29.3 Å². The summed E-state index contributed by atoms with van der Waals surface area (Å²) in [4.78, 5) is 6.68. The number of guanidine groups is 1. The molecule has 0 aliphatic rings. The molecule has 4 nitrogen and oxygen atoms in total. The van der Waals surface area contributed by atoms with Crippen molar-refractivity contribution >= 4 is 17.7 Å². The van der Waals surface area contributed by atoms with Gasteiger partial charge in [-0.25, -0.2) is 0 Å². The molecule has 1 aromatic carbocycles. The van der Waals surface area contributed by atoms with Crippen LogP contribution in [0.3, 0.4) is 0 Å². The molecule has 1 aromatic rings. The van der Waals surface area contributed by atoms with Crippen LogP contribution in [0.25, 0.3) is 0 Å². The molecule has 0 fully saturated rings. The highest BCUT2D eigenvalue weighted by atomic mass is 32.2. The van der Waals surface area contributed by atoms with Crippen LogP contribution in [0, 0.1) is 0 Å². The van der Waals surface area contributed by atoms with Crippen LogP contribution in [0.2, 0.25) is 0 Å².